The van der Waals surface area contributed by atoms with E-state index in [1.54, 1.807) is 42.5 Å². The lowest BCUT2D eigenvalue weighted by Crippen LogP contribution is -2.18. The number of nitrogens with one attached hydrogen (secondary N) is 1. The molecule has 6 heteroatoms. The van der Waals surface area contributed by atoms with Gasteiger partial charge in [0.05, 0.1) is 11.1 Å². The van der Waals surface area contributed by atoms with E-state index in [1.165, 1.54) is 12.3 Å². The molecule has 22 heavy (non-hydrogen) atoms. The van der Waals surface area contributed by atoms with Crippen LogP contribution in [0.1, 0.15) is 24.5 Å². The van der Waals surface area contributed by atoms with E-state index in [9.17, 15) is 13.5 Å². The summed E-state index contributed by atoms with van der Waals surface area (Å²) in [4.78, 5) is 2.29. The van der Waals surface area contributed by atoms with E-state index < -0.39 is 10.0 Å². The second kappa shape index (κ2) is 7.09. The first-order valence-electron chi connectivity index (χ1n) is 6.95. The fourth-order valence-electron chi connectivity index (χ4n) is 1.94. The van der Waals surface area contributed by atoms with Crippen molar-refractivity contribution in [3.8, 4) is 5.75 Å². The maximum Gasteiger partial charge on any atom is 0.276 e. The summed E-state index contributed by atoms with van der Waals surface area (Å²) < 4.78 is 24.2. The number of phenolic OH excluding ortho intramolecular Hbond substituents is 1. The SMILES string of the molecule is CCCc1ccc(S(=O)(=O)NN=Cc2ccccc2O)cc1. The van der Waals surface area contributed by atoms with Crippen molar-refractivity contribution in [2.45, 2.75) is 24.7 Å². The third-order valence-electron chi connectivity index (χ3n) is 3.09. The van der Waals surface area contributed by atoms with Crippen LogP contribution in [0.15, 0.2) is 58.5 Å². The van der Waals surface area contributed by atoms with Gasteiger partial charge in [0, 0.05) is 5.56 Å². The minimum Gasteiger partial charge on any atom is -0.507 e. The van der Waals surface area contributed by atoms with Gasteiger partial charge in [-0.25, -0.2) is 4.83 Å². The average molecular weight is 318 g/mol. The van der Waals surface area contributed by atoms with Crippen LogP contribution in [0.2, 0.25) is 0 Å². The maximum absolute atomic E-state index is 12.1. The topological polar surface area (TPSA) is 78.8 Å². The highest BCUT2D eigenvalue weighted by Gasteiger charge is 2.12. The van der Waals surface area contributed by atoms with Crippen molar-refractivity contribution in [2.75, 3.05) is 0 Å². The molecule has 0 aliphatic heterocycles. The summed E-state index contributed by atoms with van der Waals surface area (Å²) in [6.45, 7) is 2.07. The standard InChI is InChI=1S/C16H18N2O3S/c1-2-5-13-8-10-15(11-9-13)22(20,21)18-17-12-14-6-3-4-7-16(14)19/h3-4,6-12,18-19H,2,5H2,1H3. The molecule has 2 aromatic carbocycles. The molecule has 0 saturated heterocycles. The van der Waals surface area contributed by atoms with Gasteiger partial charge >= 0.3 is 0 Å². The normalized spacial score (nSPS) is 11.7. The van der Waals surface area contributed by atoms with Gasteiger partial charge in [0.1, 0.15) is 5.75 Å². The highest BCUT2D eigenvalue weighted by Crippen LogP contribution is 2.14. The zero-order chi connectivity index (χ0) is 16.0. The van der Waals surface area contributed by atoms with E-state index >= 15 is 0 Å². The smallest absolute Gasteiger partial charge is 0.276 e. The Hall–Kier alpha value is -2.34. The number of phenols is 1. The Morgan fingerprint density at radius 1 is 1.14 bits per heavy atom. The number of benzene rings is 2. The minimum absolute atomic E-state index is 0.0365. The number of hydrazone groups is 1. The highest BCUT2D eigenvalue weighted by molar-refractivity contribution is 7.89. The molecule has 0 fully saturated rings. The molecule has 0 atom stereocenters. The number of nitrogens with zero attached hydrogens (tertiary/aromatic N) is 1. The van der Waals surface area contributed by atoms with Gasteiger partial charge in [-0.15, -0.1) is 0 Å². The number of aryl methyl sites for hydroxylation is 1. The van der Waals surface area contributed by atoms with Crippen LogP contribution in [-0.2, 0) is 16.4 Å². The van der Waals surface area contributed by atoms with Crippen LogP contribution in [0.4, 0.5) is 0 Å². The molecule has 0 radical (unpaired) electrons. The molecule has 2 N–H and O–H groups in total. The van der Waals surface area contributed by atoms with Crippen LogP contribution in [0.25, 0.3) is 0 Å². The predicted molar refractivity (Wildman–Crippen MR) is 86.5 cm³/mol. The van der Waals surface area contributed by atoms with Crippen LogP contribution in [-0.4, -0.2) is 19.7 Å². The van der Waals surface area contributed by atoms with Crippen LogP contribution in [0, 0.1) is 0 Å². The maximum atomic E-state index is 12.1. The van der Waals surface area contributed by atoms with Gasteiger partial charge < -0.3 is 5.11 Å². The number of hydrogen-bond acceptors (Lipinski definition) is 4. The fraction of sp³-hybridized carbons (Fsp3) is 0.188. The van der Waals surface area contributed by atoms with Crippen molar-refractivity contribution in [2.24, 2.45) is 5.10 Å². The molecular weight excluding hydrogens is 300 g/mol. The molecule has 2 aromatic rings. The Morgan fingerprint density at radius 2 is 1.82 bits per heavy atom. The van der Waals surface area contributed by atoms with Crippen molar-refractivity contribution < 1.29 is 13.5 Å². The van der Waals surface area contributed by atoms with Gasteiger partial charge in [0.2, 0.25) is 0 Å². The third-order valence-corrected chi connectivity index (χ3v) is 4.32. The molecule has 0 spiro atoms. The molecule has 0 bridgehead atoms. The Morgan fingerprint density at radius 3 is 2.45 bits per heavy atom. The van der Waals surface area contributed by atoms with Gasteiger partial charge in [0.25, 0.3) is 10.0 Å². The van der Waals surface area contributed by atoms with Crippen LogP contribution >= 0.6 is 0 Å². The summed E-state index contributed by atoms with van der Waals surface area (Å²) >= 11 is 0. The van der Waals surface area contributed by atoms with Crippen LogP contribution in [0.5, 0.6) is 5.75 Å². The van der Waals surface area contributed by atoms with Gasteiger partial charge in [-0.3, -0.25) is 0 Å². The second-order valence-electron chi connectivity index (χ2n) is 4.81. The lowest BCUT2D eigenvalue weighted by atomic mass is 10.1. The van der Waals surface area contributed by atoms with Crippen molar-refractivity contribution >= 4 is 16.2 Å². The quantitative estimate of drug-likeness (QED) is 0.635. The molecule has 0 aromatic heterocycles. The van der Waals surface area contributed by atoms with Gasteiger partial charge in [-0.05, 0) is 36.2 Å². The van der Waals surface area contributed by atoms with E-state index in [2.05, 4.69) is 16.9 Å². The summed E-state index contributed by atoms with van der Waals surface area (Å²) in [5.41, 5.74) is 1.53. The number of hydrogen-bond donors (Lipinski definition) is 2. The van der Waals surface area contributed by atoms with Crippen molar-refractivity contribution in [3.63, 3.8) is 0 Å². The molecule has 116 valence electrons. The first-order valence-corrected chi connectivity index (χ1v) is 8.43. The minimum atomic E-state index is -3.70. The van der Waals surface area contributed by atoms with E-state index in [4.69, 9.17) is 0 Å². The number of sulfonamides is 1. The lowest BCUT2D eigenvalue weighted by molar-refractivity contribution is 0.474. The number of para-hydroxylation sites is 1. The summed E-state index contributed by atoms with van der Waals surface area (Å²) in [6.07, 6.45) is 3.19. The third kappa shape index (κ3) is 4.08. The van der Waals surface area contributed by atoms with Crippen molar-refractivity contribution in [1.29, 1.82) is 0 Å². The molecule has 0 aliphatic rings. The summed E-state index contributed by atoms with van der Waals surface area (Å²) in [5.74, 6) is 0.0365. The van der Waals surface area contributed by atoms with E-state index in [-0.39, 0.29) is 10.6 Å². The van der Waals surface area contributed by atoms with Gasteiger partial charge in [-0.2, -0.15) is 13.5 Å². The lowest BCUT2D eigenvalue weighted by Gasteiger charge is -2.05. The monoisotopic (exact) mass is 318 g/mol. The molecule has 0 unspecified atom stereocenters. The summed E-state index contributed by atoms with van der Waals surface area (Å²) in [6, 6.07) is 13.2. The molecule has 0 heterocycles. The first kappa shape index (κ1) is 16.0. The fourth-order valence-corrected chi connectivity index (χ4v) is 2.73. The zero-order valence-electron chi connectivity index (χ0n) is 12.2. The first-order chi connectivity index (χ1) is 10.5. The Kier molecular flexibility index (Phi) is 5.16. The summed E-state index contributed by atoms with van der Waals surface area (Å²) in [5, 5.41) is 13.3. The second-order valence-corrected chi connectivity index (χ2v) is 6.47. The van der Waals surface area contributed by atoms with E-state index in [0.29, 0.717) is 5.56 Å². The molecule has 5 nitrogen and oxygen atoms in total. The molecular formula is C16H18N2O3S. The number of rotatable bonds is 6. The van der Waals surface area contributed by atoms with Crippen LogP contribution < -0.4 is 4.83 Å². The molecule has 0 amide bonds. The zero-order valence-corrected chi connectivity index (χ0v) is 13.0. The molecule has 0 saturated carbocycles. The van der Waals surface area contributed by atoms with Crippen molar-refractivity contribution in [1.82, 2.24) is 4.83 Å². The molecule has 0 aliphatic carbocycles. The van der Waals surface area contributed by atoms with E-state index in [0.717, 1.165) is 18.4 Å². The van der Waals surface area contributed by atoms with E-state index in [1.807, 2.05) is 0 Å². The largest absolute Gasteiger partial charge is 0.507 e. The number of aromatic hydroxyl groups is 1. The van der Waals surface area contributed by atoms with Gasteiger partial charge in [0.15, 0.2) is 0 Å². The Labute approximate surface area is 130 Å². The summed E-state index contributed by atoms with van der Waals surface area (Å²) in [7, 11) is -3.70. The Bertz CT molecular complexity index is 753. The predicted octanol–water partition coefficient (Wildman–Crippen LogP) is 2.66. The molecule has 2 rings (SSSR count). The highest BCUT2D eigenvalue weighted by atomic mass is 32.2. The van der Waals surface area contributed by atoms with Gasteiger partial charge in [-0.1, -0.05) is 37.6 Å². The average Bonchev–Trinajstić information content (AvgIpc) is 2.50. The Balaban J connectivity index is 2.09. The van der Waals surface area contributed by atoms with Crippen LogP contribution in [0.3, 0.4) is 0 Å². The van der Waals surface area contributed by atoms with Crippen molar-refractivity contribution in [3.05, 3.63) is 59.7 Å².